The van der Waals surface area contributed by atoms with E-state index in [0.717, 1.165) is 0 Å². The van der Waals surface area contributed by atoms with Crippen molar-refractivity contribution in [2.24, 2.45) is 4.99 Å². The Morgan fingerprint density at radius 1 is 1.16 bits per heavy atom. The molecule has 5 rings (SSSR count). The molecule has 2 aliphatic rings. The van der Waals surface area contributed by atoms with Crippen molar-refractivity contribution < 1.29 is 18.5 Å². The maximum Gasteiger partial charge on any atom is 0.302 e. The van der Waals surface area contributed by atoms with Gasteiger partial charge in [-0.2, -0.15) is 4.99 Å². The number of nitrogens with zero attached hydrogens (tertiary/aromatic N) is 5. The zero-order valence-electron chi connectivity index (χ0n) is 19.7. The van der Waals surface area contributed by atoms with E-state index in [4.69, 9.17) is 16.0 Å². The molecule has 1 spiro atoms. The average Bonchev–Trinajstić information content (AvgIpc) is 3.45. The predicted molar refractivity (Wildman–Crippen MR) is 141 cm³/mol. The Bertz CT molecular complexity index is 1420. The van der Waals surface area contributed by atoms with Gasteiger partial charge in [0.25, 0.3) is 5.91 Å². The van der Waals surface area contributed by atoms with Gasteiger partial charge in [0.05, 0.1) is 5.54 Å². The zero-order valence-corrected chi connectivity index (χ0v) is 21.9. The smallest absolute Gasteiger partial charge is 0.302 e. The Kier molecular flexibility index (Phi) is 6.43. The lowest BCUT2D eigenvalue weighted by Crippen LogP contribution is -2.53. The number of carbonyl (C=O) groups excluding carboxylic acids is 2. The number of rotatable bonds is 3. The summed E-state index contributed by atoms with van der Waals surface area (Å²) in [6.07, 6.45) is 1.24. The number of likely N-dealkylation sites (tertiary alicyclic amines) is 1. The fourth-order valence-corrected chi connectivity index (χ4v) is 4.80. The number of nitrogens with two attached hydrogens (primary N) is 2. The van der Waals surface area contributed by atoms with Crippen LogP contribution in [0.5, 0.6) is 0 Å². The van der Waals surface area contributed by atoms with Crippen molar-refractivity contribution in [2.75, 3.05) is 31.1 Å². The molecule has 0 radical (unpaired) electrons. The van der Waals surface area contributed by atoms with Crippen molar-refractivity contribution in [3.05, 3.63) is 50.8 Å². The molecule has 192 valence electrons. The van der Waals surface area contributed by atoms with Crippen molar-refractivity contribution in [1.82, 2.24) is 30.7 Å². The van der Waals surface area contributed by atoms with Gasteiger partial charge in [-0.25, -0.2) is 14.4 Å². The van der Waals surface area contributed by atoms with Crippen LogP contribution < -0.4 is 22.1 Å². The van der Waals surface area contributed by atoms with Crippen LogP contribution in [0.15, 0.2) is 33.8 Å². The van der Waals surface area contributed by atoms with Crippen LogP contribution in [0, 0.1) is 16.4 Å². The highest BCUT2D eigenvalue weighted by Gasteiger charge is 2.41. The Morgan fingerprint density at radius 3 is 2.57 bits per heavy atom. The summed E-state index contributed by atoms with van der Waals surface area (Å²) >= 11 is 1.87. The van der Waals surface area contributed by atoms with Gasteiger partial charge in [-0.1, -0.05) is 5.16 Å². The molecule has 0 bridgehead atoms. The van der Waals surface area contributed by atoms with Crippen LogP contribution in [-0.2, 0) is 0 Å². The molecule has 37 heavy (non-hydrogen) atoms. The van der Waals surface area contributed by atoms with Crippen molar-refractivity contribution in [1.29, 1.82) is 0 Å². The number of hydrogen-bond donors (Lipinski definition) is 4. The quantitative estimate of drug-likeness (QED) is 0.316. The van der Waals surface area contributed by atoms with Gasteiger partial charge >= 0.3 is 5.91 Å². The van der Waals surface area contributed by atoms with Crippen molar-refractivity contribution in [3.8, 4) is 11.3 Å². The molecule has 0 aliphatic carbocycles. The Morgan fingerprint density at radius 2 is 1.86 bits per heavy atom. The molecule has 0 saturated carbocycles. The topological polar surface area (TPSA) is 178 Å². The minimum absolute atomic E-state index is 0.0721. The molecule has 14 heteroatoms. The predicted octanol–water partition coefficient (Wildman–Crippen LogP) is 1.71. The summed E-state index contributed by atoms with van der Waals surface area (Å²) in [7, 11) is 0. The number of nitrogen functional groups attached to an aromatic ring is 2. The first-order valence-corrected chi connectivity index (χ1v) is 12.5. The van der Waals surface area contributed by atoms with Gasteiger partial charge in [0.1, 0.15) is 26.5 Å². The molecular weight excluding hydrogens is 596 g/mol. The number of piperidine rings is 1. The van der Waals surface area contributed by atoms with E-state index in [1.807, 2.05) is 22.6 Å². The maximum atomic E-state index is 13.4. The number of aryl methyl sites for hydroxylation is 1. The molecule has 2 saturated heterocycles. The van der Waals surface area contributed by atoms with Gasteiger partial charge in [0.15, 0.2) is 23.3 Å². The minimum Gasteiger partial charge on any atom is -0.382 e. The zero-order chi connectivity index (χ0) is 26.3. The summed E-state index contributed by atoms with van der Waals surface area (Å²) in [6, 6.07) is 5.76. The number of hydrogen-bond acceptors (Lipinski definition) is 8. The summed E-state index contributed by atoms with van der Waals surface area (Å²) in [4.78, 5) is 39.9. The van der Waals surface area contributed by atoms with E-state index in [1.54, 1.807) is 24.0 Å². The molecule has 4 heterocycles. The van der Waals surface area contributed by atoms with Gasteiger partial charge in [0.2, 0.25) is 0 Å². The lowest BCUT2D eigenvalue weighted by molar-refractivity contribution is 0.0668. The molecule has 3 aromatic rings. The van der Waals surface area contributed by atoms with E-state index >= 15 is 0 Å². The lowest BCUT2D eigenvalue weighted by atomic mass is 9.88. The Hall–Kier alpha value is -3.82. The third kappa shape index (κ3) is 4.80. The number of aromatic nitrogens is 3. The summed E-state index contributed by atoms with van der Waals surface area (Å²) in [5.74, 6) is -0.445. The molecule has 6 N–H and O–H groups in total. The summed E-state index contributed by atoms with van der Waals surface area (Å²) in [5.41, 5.74) is 12.4. The number of anilines is 2. The lowest BCUT2D eigenvalue weighted by Gasteiger charge is -2.38. The summed E-state index contributed by atoms with van der Waals surface area (Å²) < 4.78 is 19.0. The van der Waals surface area contributed by atoms with E-state index in [9.17, 15) is 14.0 Å². The average molecular weight is 619 g/mol. The van der Waals surface area contributed by atoms with Gasteiger partial charge in [0, 0.05) is 25.2 Å². The Labute approximate surface area is 224 Å². The summed E-state index contributed by atoms with van der Waals surface area (Å²) in [6.45, 7) is 3.16. The van der Waals surface area contributed by atoms with Crippen molar-refractivity contribution in [3.63, 3.8) is 0 Å². The van der Waals surface area contributed by atoms with Crippen LogP contribution in [-0.4, -0.2) is 63.0 Å². The second-order valence-electron chi connectivity index (χ2n) is 8.92. The van der Waals surface area contributed by atoms with E-state index < -0.39 is 5.91 Å². The van der Waals surface area contributed by atoms with Crippen LogP contribution >= 0.6 is 22.6 Å². The first-order chi connectivity index (χ1) is 17.7. The third-order valence-corrected chi connectivity index (χ3v) is 7.29. The van der Waals surface area contributed by atoms with Crippen molar-refractivity contribution >= 4 is 52.0 Å². The second-order valence-corrected chi connectivity index (χ2v) is 9.94. The number of benzene rings is 1. The number of nitrogens with one attached hydrogen (secondary N) is 2. The molecule has 2 aromatic heterocycles. The van der Waals surface area contributed by atoms with Crippen LogP contribution in [0.1, 0.15) is 39.4 Å². The molecular formula is C23H23FIN9O3. The standard InChI is InChI=1S/C23H23FIN9O3/c1-11-14(15(33-37-11)12-2-4-13(24)5-3-12)21(36)34-8-6-23(7-9-34)10-28-22(32-23)31-20(35)16-18(26)30-19(27)17(25)29-16/h2-5H,6-10H2,1H3,(H4,26,27,30)(H2,28,31,32,35). The maximum absolute atomic E-state index is 13.4. The SMILES string of the molecule is Cc1onc(-c2ccc(F)cc2)c1C(=O)N1CCC2(CC1)CN/C(=N\C(=O)c1nc(I)c(N)nc1N)N2. The monoisotopic (exact) mass is 619 g/mol. The normalized spacial score (nSPS) is 17.6. The van der Waals surface area contributed by atoms with E-state index in [-0.39, 0.29) is 34.6 Å². The Balaban J connectivity index is 1.26. The highest BCUT2D eigenvalue weighted by atomic mass is 127. The minimum atomic E-state index is -0.640. The fourth-order valence-electron chi connectivity index (χ4n) is 4.44. The first-order valence-electron chi connectivity index (χ1n) is 11.4. The number of carbonyl (C=O) groups is 2. The van der Waals surface area contributed by atoms with Gasteiger partial charge in [-0.3, -0.25) is 9.59 Å². The van der Waals surface area contributed by atoms with E-state index in [1.165, 1.54) is 12.1 Å². The fraction of sp³-hybridized carbons (Fsp3) is 0.304. The number of aliphatic imine (C=N–C) groups is 1. The molecule has 2 fully saturated rings. The highest BCUT2D eigenvalue weighted by molar-refractivity contribution is 14.1. The summed E-state index contributed by atoms with van der Waals surface area (Å²) in [5, 5.41) is 10.5. The van der Waals surface area contributed by atoms with Gasteiger partial charge in [-0.05, 0) is 66.6 Å². The molecule has 0 unspecified atom stereocenters. The second kappa shape index (κ2) is 9.57. The molecule has 2 aliphatic heterocycles. The molecule has 1 aromatic carbocycles. The van der Waals surface area contributed by atoms with Gasteiger partial charge < -0.3 is 31.5 Å². The first kappa shape index (κ1) is 24.9. The molecule has 2 amide bonds. The molecule has 12 nitrogen and oxygen atoms in total. The van der Waals surface area contributed by atoms with Crippen LogP contribution in [0.25, 0.3) is 11.3 Å². The van der Waals surface area contributed by atoms with Crippen molar-refractivity contribution in [2.45, 2.75) is 25.3 Å². The molecule has 0 atom stereocenters. The van der Waals surface area contributed by atoms with E-state index in [2.05, 4.69) is 30.8 Å². The number of amides is 2. The van der Waals surface area contributed by atoms with Crippen LogP contribution in [0.4, 0.5) is 16.0 Å². The number of guanidine groups is 1. The number of halogens is 2. The van der Waals surface area contributed by atoms with Crippen LogP contribution in [0.3, 0.4) is 0 Å². The van der Waals surface area contributed by atoms with Crippen LogP contribution in [0.2, 0.25) is 0 Å². The van der Waals surface area contributed by atoms with E-state index in [0.29, 0.717) is 64.7 Å². The highest BCUT2D eigenvalue weighted by Crippen LogP contribution is 2.30. The van der Waals surface area contributed by atoms with Gasteiger partial charge in [-0.15, -0.1) is 0 Å². The largest absolute Gasteiger partial charge is 0.382 e. The third-order valence-electron chi connectivity index (χ3n) is 6.50.